The molecule has 9 aromatic rings. The first-order valence-corrected chi connectivity index (χ1v) is 17.0. The number of nitrogens with two attached hydrogens (primary N) is 1. The molecule has 0 fully saturated rings. The number of nitrogens with one attached hydrogen (secondary N) is 1. The Kier molecular flexibility index (Phi) is 8.74. The highest BCUT2D eigenvalue weighted by molar-refractivity contribution is 6.09. The first-order chi connectivity index (χ1) is 25.2. The van der Waals surface area contributed by atoms with Crippen molar-refractivity contribution in [2.75, 3.05) is 11.1 Å². The van der Waals surface area contributed by atoms with Crippen LogP contribution in [0.25, 0.3) is 61.3 Å². The highest BCUT2D eigenvalue weighted by Gasteiger charge is 2.20. The molecule has 7 aromatic carbocycles. The Balaban J connectivity index is 0.000000263. The number of nitrogen functional groups attached to an aromatic ring is 1. The lowest BCUT2D eigenvalue weighted by Gasteiger charge is -2.17. The molecule has 0 saturated heterocycles. The second-order valence-corrected chi connectivity index (χ2v) is 12.1. The fraction of sp³-hybridized carbons (Fsp3) is 0. The van der Waals surface area contributed by atoms with Gasteiger partial charge in [0, 0.05) is 27.6 Å². The summed E-state index contributed by atoms with van der Waals surface area (Å²) in [7, 11) is 0. The summed E-state index contributed by atoms with van der Waals surface area (Å²) < 4.78 is 2.14. The van der Waals surface area contributed by atoms with E-state index in [0.29, 0.717) is 23.1 Å². The number of anilines is 3. The molecule has 0 aliphatic rings. The van der Waals surface area contributed by atoms with Crippen molar-refractivity contribution in [2.24, 2.45) is 0 Å². The predicted octanol–water partition coefficient (Wildman–Crippen LogP) is 11.6. The van der Waals surface area contributed by atoms with E-state index in [0.717, 1.165) is 44.2 Å². The summed E-state index contributed by atoms with van der Waals surface area (Å²) in [6.07, 6.45) is 0. The maximum Gasteiger partial charge on any atom is 0.167 e. The zero-order valence-corrected chi connectivity index (χ0v) is 27.9. The lowest BCUT2D eigenvalue weighted by Crippen LogP contribution is -2.10. The smallest absolute Gasteiger partial charge is 0.167 e. The van der Waals surface area contributed by atoms with E-state index in [-0.39, 0.29) is 0 Å². The largest absolute Gasteiger partial charge is 0.393 e. The number of hydrogen-bond donors (Lipinski definition) is 2. The molecule has 0 aliphatic carbocycles. The van der Waals surface area contributed by atoms with E-state index in [1.807, 2.05) is 91.0 Å². The molecule has 0 unspecified atom stereocenters. The van der Waals surface area contributed by atoms with Crippen LogP contribution < -0.4 is 11.1 Å². The average Bonchev–Trinajstić information content (AvgIpc) is 3.55. The summed E-state index contributed by atoms with van der Waals surface area (Å²) in [5.74, 6) is 1.80. The van der Waals surface area contributed by atoms with Gasteiger partial charge in [0.1, 0.15) is 5.69 Å². The van der Waals surface area contributed by atoms with E-state index >= 15 is 0 Å². The molecule has 0 aliphatic heterocycles. The van der Waals surface area contributed by atoms with Gasteiger partial charge < -0.3 is 11.1 Å². The SMILES string of the molecule is Nc1c(Nc2ccccc2-c2ccccc2)nc(-c2ccccc2)nc1-n1c2ccccc2c2ccccc21.c1ccc(-c2ccccc2)cc1. The summed E-state index contributed by atoms with van der Waals surface area (Å²) >= 11 is 0. The van der Waals surface area contributed by atoms with Gasteiger partial charge in [0.05, 0.1) is 11.0 Å². The lowest BCUT2D eigenvalue weighted by molar-refractivity contribution is 1.05. The fourth-order valence-electron chi connectivity index (χ4n) is 6.44. The van der Waals surface area contributed by atoms with Gasteiger partial charge in [-0.25, -0.2) is 9.97 Å². The average molecular weight is 658 g/mol. The molecule has 0 bridgehead atoms. The third kappa shape index (κ3) is 6.44. The third-order valence-corrected chi connectivity index (χ3v) is 8.90. The van der Waals surface area contributed by atoms with Gasteiger partial charge >= 0.3 is 0 Å². The molecule has 9 rings (SSSR count). The Morgan fingerprint density at radius 1 is 0.412 bits per heavy atom. The van der Waals surface area contributed by atoms with Gasteiger partial charge in [-0.15, -0.1) is 0 Å². The van der Waals surface area contributed by atoms with Crippen molar-refractivity contribution >= 4 is 39.0 Å². The summed E-state index contributed by atoms with van der Waals surface area (Å²) in [5.41, 5.74) is 16.1. The van der Waals surface area contributed by atoms with Crippen molar-refractivity contribution in [1.29, 1.82) is 0 Å². The van der Waals surface area contributed by atoms with Crippen LogP contribution in [0.4, 0.5) is 17.2 Å². The normalized spacial score (nSPS) is 10.8. The molecule has 0 atom stereocenters. The molecule has 0 saturated carbocycles. The number of aromatic nitrogens is 3. The number of benzene rings is 7. The molecular weight excluding hydrogens is 623 g/mol. The number of para-hydroxylation sites is 3. The van der Waals surface area contributed by atoms with Gasteiger partial charge in [0.25, 0.3) is 0 Å². The van der Waals surface area contributed by atoms with Gasteiger partial charge in [-0.3, -0.25) is 4.57 Å². The highest BCUT2D eigenvalue weighted by Crippen LogP contribution is 2.38. The van der Waals surface area contributed by atoms with E-state index in [4.69, 9.17) is 15.7 Å². The van der Waals surface area contributed by atoms with Crippen LogP contribution in [0.1, 0.15) is 0 Å². The Morgan fingerprint density at radius 3 is 1.39 bits per heavy atom. The van der Waals surface area contributed by atoms with Crippen LogP contribution in [-0.4, -0.2) is 14.5 Å². The van der Waals surface area contributed by atoms with Gasteiger partial charge in [0.2, 0.25) is 0 Å². The molecule has 5 heteroatoms. The van der Waals surface area contributed by atoms with Crippen LogP contribution >= 0.6 is 0 Å². The number of fused-ring (bicyclic) bond motifs is 3. The molecule has 0 radical (unpaired) electrons. The maximum absolute atomic E-state index is 6.93. The molecule has 0 amide bonds. The van der Waals surface area contributed by atoms with Crippen LogP contribution in [0.15, 0.2) is 194 Å². The monoisotopic (exact) mass is 657 g/mol. The number of hydrogen-bond acceptors (Lipinski definition) is 4. The van der Waals surface area contributed by atoms with Crippen molar-refractivity contribution in [3.05, 3.63) is 194 Å². The van der Waals surface area contributed by atoms with Crippen molar-refractivity contribution in [2.45, 2.75) is 0 Å². The molecule has 2 heterocycles. The van der Waals surface area contributed by atoms with E-state index < -0.39 is 0 Å². The molecule has 3 N–H and O–H groups in total. The third-order valence-electron chi connectivity index (χ3n) is 8.90. The molecule has 0 spiro atoms. The summed E-state index contributed by atoms with van der Waals surface area (Å²) in [6, 6.07) is 66.0. The zero-order valence-electron chi connectivity index (χ0n) is 27.9. The van der Waals surface area contributed by atoms with Gasteiger partial charge in [-0.1, -0.05) is 176 Å². The Morgan fingerprint density at radius 2 is 0.843 bits per heavy atom. The number of nitrogens with zero attached hydrogens (tertiary/aromatic N) is 3. The van der Waals surface area contributed by atoms with E-state index in [1.165, 1.54) is 11.1 Å². The van der Waals surface area contributed by atoms with Gasteiger partial charge in [-0.05, 0) is 34.9 Å². The van der Waals surface area contributed by atoms with Crippen LogP contribution in [0.5, 0.6) is 0 Å². The Labute approximate surface area is 297 Å². The maximum atomic E-state index is 6.93. The summed E-state index contributed by atoms with van der Waals surface area (Å²) in [6.45, 7) is 0. The second kappa shape index (κ2) is 14.2. The van der Waals surface area contributed by atoms with E-state index in [1.54, 1.807) is 0 Å². The van der Waals surface area contributed by atoms with Crippen LogP contribution in [0.2, 0.25) is 0 Å². The minimum Gasteiger partial charge on any atom is -0.393 e. The molecule has 51 heavy (non-hydrogen) atoms. The molecule has 244 valence electrons. The minimum atomic E-state index is 0.476. The predicted molar refractivity (Wildman–Crippen MR) is 213 cm³/mol. The Bertz CT molecular complexity index is 2460. The molecule has 2 aromatic heterocycles. The highest BCUT2D eigenvalue weighted by atomic mass is 15.1. The van der Waals surface area contributed by atoms with E-state index in [9.17, 15) is 0 Å². The molecular formula is C46H35N5. The van der Waals surface area contributed by atoms with Crippen LogP contribution in [-0.2, 0) is 0 Å². The topological polar surface area (TPSA) is 68.8 Å². The van der Waals surface area contributed by atoms with Crippen molar-refractivity contribution in [3.63, 3.8) is 0 Å². The van der Waals surface area contributed by atoms with Gasteiger partial charge in [0.15, 0.2) is 17.5 Å². The quantitative estimate of drug-likeness (QED) is 0.187. The van der Waals surface area contributed by atoms with Crippen molar-refractivity contribution < 1.29 is 0 Å². The van der Waals surface area contributed by atoms with Crippen molar-refractivity contribution in [3.8, 4) is 39.5 Å². The van der Waals surface area contributed by atoms with Gasteiger partial charge in [-0.2, -0.15) is 0 Å². The van der Waals surface area contributed by atoms with Crippen molar-refractivity contribution in [1.82, 2.24) is 14.5 Å². The van der Waals surface area contributed by atoms with Crippen LogP contribution in [0.3, 0.4) is 0 Å². The number of rotatable bonds is 6. The second-order valence-electron chi connectivity index (χ2n) is 12.1. The fourth-order valence-corrected chi connectivity index (χ4v) is 6.44. The zero-order chi connectivity index (χ0) is 34.4. The van der Waals surface area contributed by atoms with Crippen LogP contribution in [0, 0.1) is 0 Å². The summed E-state index contributed by atoms with van der Waals surface area (Å²) in [5, 5.41) is 5.86. The first kappa shape index (κ1) is 31.3. The first-order valence-electron chi connectivity index (χ1n) is 17.0. The Hall–Kier alpha value is -6.98. The standard InChI is InChI=1S/C34H25N5.C12H10/c35-31-33(36-28-20-10-7-17-25(28)23-13-3-1-4-14-23)37-32(24-15-5-2-6-16-24)38-34(31)39-29-21-11-8-18-26(29)27-19-9-12-22-30(27)39;1-3-7-11(8-4-1)12-9-5-2-6-10-12/h1-22H,35H2,(H,36,37,38);1-10H. The minimum absolute atomic E-state index is 0.476. The lowest BCUT2D eigenvalue weighted by atomic mass is 10.0. The summed E-state index contributed by atoms with van der Waals surface area (Å²) in [4.78, 5) is 10.00. The van der Waals surface area contributed by atoms with E-state index in [2.05, 4.69) is 113 Å². The molecule has 5 nitrogen and oxygen atoms in total.